The highest BCUT2D eigenvalue weighted by molar-refractivity contribution is 5.84. The Bertz CT molecular complexity index is 926. The van der Waals surface area contributed by atoms with Crippen LogP contribution in [0.5, 0.6) is 5.88 Å². The van der Waals surface area contributed by atoms with Gasteiger partial charge in [-0.15, -0.1) is 0 Å². The van der Waals surface area contributed by atoms with E-state index >= 15 is 0 Å². The summed E-state index contributed by atoms with van der Waals surface area (Å²) in [5.74, 6) is 0.223. The lowest BCUT2D eigenvalue weighted by molar-refractivity contribution is -0.133. The number of nitrogens with zero attached hydrogens (tertiary/aromatic N) is 3. The van der Waals surface area contributed by atoms with Gasteiger partial charge in [0.2, 0.25) is 5.88 Å². The third kappa shape index (κ3) is 3.11. The van der Waals surface area contributed by atoms with Gasteiger partial charge in [-0.3, -0.25) is 4.79 Å². The van der Waals surface area contributed by atoms with Gasteiger partial charge in [-0.05, 0) is 24.1 Å². The largest absolute Gasteiger partial charge is 0.467 e. The van der Waals surface area contributed by atoms with Crippen LogP contribution in [0.3, 0.4) is 0 Å². The molecule has 2 heterocycles. The summed E-state index contributed by atoms with van der Waals surface area (Å²) in [5, 5.41) is 11.6. The predicted octanol–water partition coefficient (Wildman–Crippen LogP) is 2.13. The van der Waals surface area contributed by atoms with Gasteiger partial charge in [0.25, 0.3) is 5.91 Å². The molecule has 6 nitrogen and oxygen atoms in total. The van der Waals surface area contributed by atoms with Crippen LogP contribution < -0.4 is 4.74 Å². The van der Waals surface area contributed by atoms with Crippen molar-refractivity contribution in [3.8, 4) is 5.88 Å². The van der Waals surface area contributed by atoms with Crippen LogP contribution in [0.25, 0.3) is 10.9 Å². The second-order valence-corrected chi connectivity index (χ2v) is 6.45. The third-order valence-corrected chi connectivity index (χ3v) is 4.75. The average Bonchev–Trinajstić information content (AvgIpc) is 3.10. The van der Waals surface area contributed by atoms with Crippen molar-refractivity contribution in [2.45, 2.75) is 12.0 Å². The minimum atomic E-state index is -1.00. The number of amides is 1. The van der Waals surface area contributed by atoms with Crippen molar-refractivity contribution in [1.29, 1.82) is 0 Å². The average molecular weight is 349 g/mol. The standard InChI is InChI=1S/C20H19N3O3/c24-18(12-26-19-16-8-4-5-9-17(16)21-14-22-19)23-11-10-20(25,13-23)15-6-2-1-3-7-15/h1-9,14,25H,10-13H2/t20-/m0/s1. The fourth-order valence-corrected chi connectivity index (χ4v) is 3.31. The Balaban J connectivity index is 1.43. The maximum atomic E-state index is 12.5. The van der Waals surface area contributed by atoms with E-state index in [1.165, 1.54) is 6.33 Å². The van der Waals surface area contributed by atoms with E-state index in [-0.39, 0.29) is 19.1 Å². The molecule has 0 unspecified atom stereocenters. The molecule has 0 bridgehead atoms. The lowest BCUT2D eigenvalue weighted by Crippen LogP contribution is -2.37. The maximum Gasteiger partial charge on any atom is 0.260 e. The van der Waals surface area contributed by atoms with E-state index in [0.717, 1.165) is 16.5 Å². The number of carbonyl (C=O) groups is 1. The Kier molecular flexibility index (Phi) is 4.26. The molecule has 6 heteroatoms. The predicted molar refractivity (Wildman–Crippen MR) is 96.6 cm³/mol. The van der Waals surface area contributed by atoms with Crippen LogP contribution in [0.15, 0.2) is 60.9 Å². The van der Waals surface area contributed by atoms with Crippen LogP contribution in [0.1, 0.15) is 12.0 Å². The second kappa shape index (κ2) is 6.72. The number of fused-ring (bicyclic) bond motifs is 1. The van der Waals surface area contributed by atoms with E-state index < -0.39 is 5.60 Å². The van der Waals surface area contributed by atoms with Gasteiger partial charge in [0.05, 0.1) is 17.4 Å². The molecule has 4 rings (SSSR count). The SMILES string of the molecule is O=C(COc1ncnc2ccccc12)N1CC[C@@](O)(c2ccccc2)C1. The molecule has 0 spiro atoms. The normalized spacial score (nSPS) is 19.7. The fourth-order valence-electron chi connectivity index (χ4n) is 3.31. The van der Waals surface area contributed by atoms with Gasteiger partial charge in [-0.1, -0.05) is 42.5 Å². The molecule has 1 aliphatic heterocycles. The fraction of sp³-hybridized carbons (Fsp3) is 0.250. The van der Waals surface area contributed by atoms with Gasteiger partial charge < -0.3 is 14.7 Å². The lowest BCUT2D eigenvalue weighted by atomic mass is 9.93. The Morgan fingerprint density at radius 1 is 1.12 bits per heavy atom. The number of benzene rings is 2. The first-order valence-electron chi connectivity index (χ1n) is 8.54. The van der Waals surface area contributed by atoms with E-state index in [1.54, 1.807) is 4.90 Å². The van der Waals surface area contributed by atoms with Crippen LogP contribution >= 0.6 is 0 Å². The summed E-state index contributed by atoms with van der Waals surface area (Å²) in [4.78, 5) is 22.5. The molecule has 3 aromatic rings. The van der Waals surface area contributed by atoms with Crippen LogP contribution in [0.2, 0.25) is 0 Å². The topological polar surface area (TPSA) is 75.5 Å². The zero-order valence-corrected chi connectivity index (χ0v) is 14.2. The molecule has 1 aliphatic rings. The van der Waals surface area contributed by atoms with Crippen molar-refractivity contribution < 1.29 is 14.6 Å². The molecule has 1 amide bonds. The second-order valence-electron chi connectivity index (χ2n) is 6.45. The highest BCUT2D eigenvalue weighted by Gasteiger charge is 2.39. The molecule has 1 aromatic heterocycles. The highest BCUT2D eigenvalue weighted by Crippen LogP contribution is 2.31. The first kappa shape index (κ1) is 16.5. The van der Waals surface area contributed by atoms with E-state index in [1.807, 2.05) is 54.6 Å². The Morgan fingerprint density at radius 2 is 1.88 bits per heavy atom. The third-order valence-electron chi connectivity index (χ3n) is 4.75. The maximum absolute atomic E-state index is 12.5. The Hall–Kier alpha value is -2.99. The molecule has 26 heavy (non-hydrogen) atoms. The molecule has 132 valence electrons. The van der Waals surface area contributed by atoms with E-state index in [0.29, 0.717) is 18.8 Å². The summed E-state index contributed by atoms with van der Waals surface area (Å²) in [6.07, 6.45) is 1.94. The van der Waals surface area contributed by atoms with Crippen LogP contribution in [-0.4, -0.2) is 45.6 Å². The number of hydrogen-bond donors (Lipinski definition) is 1. The number of ether oxygens (including phenoxy) is 1. The smallest absolute Gasteiger partial charge is 0.260 e. The number of aromatic nitrogens is 2. The molecule has 1 N–H and O–H groups in total. The molecule has 1 saturated heterocycles. The number of carbonyl (C=O) groups excluding carboxylic acids is 1. The Morgan fingerprint density at radius 3 is 2.73 bits per heavy atom. The molecule has 0 saturated carbocycles. The van der Waals surface area contributed by atoms with Gasteiger partial charge in [0, 0.05) is 6.54 Å². The summed E-state index contributed by atoms with van der Waals surface area (Å²) >= 11 is 0. The van der Waals surface area contributed by atoms with Gasteiger partial charge in [0.15, 0.2) is 6.61 Å². The van der Waals surface area contributed by atoms with Gasteiger partial charge in [-0.25, -0.2) is 9.97 Å². The molecular formula is C20H19N3O3. The molecule has 0 aliphatic carbocycles. The van der Waals surface area contributed by atoms with Crippen molar-refractivity contribution in [3.05, 3.63) is 66.5 Å². The molecule has 0 radical (unpaired) electrons. The summed E-state index contributed by atoms with van der Waals surface area (Å²) < 4.78 is 5.64. The molecular weight excluding hydrogens is 330 g/mol. The summed E-state index contributed by atoms with van der Waals surface area (Å²) in [6.45, 7) is 0.647. The van der Waals surface area contributed by atoms with E-state index in [2.05, 4.69) is 9.97 Å². The summed E-state index contributed by atoms with van der Waals surface area (Å²) in [7, 11) is 0. The zero-order chi connectivity index (χ0) is 18.0. The van der Waals surface area contributed by atoms with Crippen LogP contribution in [-0.2, 0) is 10.4 Å². The molecule has 1 fully saturated rings. The number of hydrogen-bond acceptors (Lipinski definition) is 5. The van der Waals surface area contributed by atoms with Crippen molar-refractivity contribution in [2.24, 2.45) is 0 Å². The van der Waals surface area contributed by atoms with Crippen molar-refractivity contribution >= 4 is 16.8 Å². The first-order valence-corrected chi connectivity index (χ1v) is 8.54. The highest BCUT2D eigenvalue weighted by atomic mass is 16.5. The lowest BCUT2D eigenvalue weighted by Gasteiger charge is -2.24. The zero-order valence-electron chi connectivity index (χ0n) is 14.2. The summed E-state index contributed by atoms with van der Waals surface area (Å²) in [5.41, 5.74) is 0.598. The summed E-state index contributed by atoms with van der Waals surface area (Å²) in [6, 6.07) is 17.0. The molecule has 2 aromatic carbocycles. The van der Waals surface area contributed by atoms with Crippen molar-refractivity contribution in [2.75, 3.05) is 19.7 Å². The number of rotatable bonds is 4. The van der Waals surface area contributed by atoms with Crippen molar-refractivity contribution in [3.63, 3.8) is 0 Å². The number of likely N-dealkylation sites (tertiary alicyclic amines) is 1. The van der Waals surface area contributed by atoms with Gasteiger partial charge in [0.1, 0.15) is 11.9 Å². The minimum absolute atomic E-state index is 0.119. The molecule has 1 atom stereocenters. The van der Waals surface area contributed by atoms with Gasteiger partial charge >= 0.3 is 0 Å². The minimum Gasteiger partial charge on any atom is -0.467 e. The van der Waals surface area contributed by atoms with Gasteiger partial charge in [-0.2, -0.15) is 0 Å². The number of β-amino-alcohol motifs (C(OH)–C–C–N with tert-alkyl or cyclic N) is 1. The monoisotopic (exact) mass is 349 g/mol. The van der Waals surface area contributed by atoms with Crippen molar-refractivity contribution in [1.82, 2.24) is 14.9 Å². The van der Waals surface area contributed by atoms with Crippen LogP contribution in [0.4, 0.5) is 0 Å². The van der Waals surface area contributed by atoms with Crippen LogP contribution in [0, 0.1) is 0 Å². The Labute approximate surface area is 151 Å². The van der Waals surface area contributed by atoms with E-state index in [9.17, 15) is 9.90 Å². The number of aliphatic hydroxyl groups is 1. The van der Waals surface area contributed by atoms with E-state index in [4.69, 9.17) is 4.74 Å². The number of para-hydroxylation sites is 1. The quantitative estimate of drug-likeness (QED) is 0.781. The first-order chi connectivity index (χ1) is 12.7.